The molecule has 0 heterocycles. The van der Waals surface area contributed by atoms with Gasteiger partial charge in [-0.25, -0.2) is 5.43 Å². The van der Waals surface area contributed by atoms with E-state index in [1.54, 1.807) is 31.4 Å². The van der Waals surface area contributed by atoms with Crippen molar-refractivity contribution in [3.63, 3.8) is 0 Å². The highest BCUT2D eigenvalue weighted by molar-refractivity contribution is 6.00. The average molecular weight is 374 g/mol. The molecular weight excluding hydrogens is 352 g/mol. The number of ether oxygens (including phenoxy) is 2. The summed E-state index contributed by atoms with van der Waals surface area (Å²) in [4.78, 5) is 12.3. The van der Waals surface area contributed by atoms with Crippen LogP contribution < -0.4 is 14.9 Å². The second kappa shape index (κ2) is 9.37. The predicted molar refractivity (Wildman–Crippen MR) is 110 cm³/mol. The number of hydrogen-bond donors (Lipinski definition) is 1. The van der Waals surface area contributed by atoms with Crippen molar-refractivity contribution in [2.75, 3.05) is 7.11 Å². The Kier molecular flexibility index (Phi) is 6.41. The summed E-state index contributed by atoms with van der Waals surface area (Å²) in [7, 11) is 1.62. The summed E-state index contributed by atoms with van der Waals surface area (Å²) in [5.41, 5.74) is 5.80. The van der Waals surface area contributed by atoms with Gasteiger partial charge >= 0.3 is 0 Å². The molecule has 3 aromatic carbocycles. The summed E-state index contributed by atoms with van der Waals surface area (Å²) >= 11 is 0. The Morgan fingerprint density at radius 2 is 1.46 bits per heavy atom. The highest BCUT2D eigenvalue weighted by atomic mass is 16.5. The van der Waals surface area contributed by atoms with Crippen molar-refractivity contribution in [1.29, 1.82) is 0 Å². The number of amides is 1. The fraction of sp³-hybridized carbons (Fsp3) is 0.130. The van der Waals surface area contributed by atoms with Crippen molar-refractivity contribution in [3.8, 4) is 11.5 Å². The number of rotatable bonds is 7. The molecule has 0 fully saturated rings. The van der Waals surface area contributed by atoms with E-state index in [-0.39, 0.29) is 5.91 Å². The minimum Gasteiger partial charge on any atom is -0.497 e. The molecule has 0 spiro atoms. The number of nitrogens with one attached hydrogen (secondary N) is 1. The molecule has 0 saturated heterocycles. The summed E-state index contributed by atoms with van der Waals surface area (Å²) in [5, 5.41) is 4.17. The normalized spacial score (nSPS) is 11.0. The standard InChI is InChI=1S/C23H22N2O3/c1-17(19-8-12-21(27-2)13-9-19)24-25-23(26)20-10-14-22(15-11-20)28-16-18-6-4-3-5-7-18/h3-15H,16H2,1-2H3,(H,25,26)/b24-17+. The molecule has 142 valence electrons. The lowest BCUT2D eigenvalue weighted by Crippen LogP contribution is -2.19. The molecule has 1 amide bonds. The maximum atomic E-state index is 12.3. The van der Waals surface area contributed by atoms with Gasteiger partial charge in [-0.3, -0.25) is 4.79 Å². The molecule has 28 heavy (non-hydrogen) atoms. The fourth-order valence-electron chi connectivity index (χ4n) is 2.54. The Balaban J connectivity index is 1.56. The summed E-state index contributed by atoms with van der Waals surface area (Å²) < 4.78 is 10.9. The van der Waals surface area contributed by atoms with Crippen LogP contribution in [0.3, 0.4) is 0 Å². The molecular formula is C23H22N2O3. The van der Waals surface area contributed by atoms with Crippen molar-refractivity contribution in [3.05, 3.63) is 95.6 Å². The Morgan fingerprint density at radius 1 is 0.857 bits per heavy atom. The Labute approximate surface area is 164 Å². The number of carbonyl (C=O) groups is 1. The lowest BCUT2D eigenvalue weighted by Gasteiger charge is -2.07. The molecule has 5 heteroatoms. The van der Waals surface area contributed by atoms with E-state index in [1.807, 2.05) is 61.5 Å². The molecule has 1 N–H and O–H groups in total. The van der Waals surface area contributed by atoms with Crippen LogP contribution >= 0.6 is 0 Å². The summed E-state index contributed by atoms with van der Waals surface area (Å²) in [6.07, 6.45) is 0. The van der Waals surface area contributed by atoms with Crippen molar-refractivity contribution in [1.82, 2.24) is 5.43 Å². The highest BCUT2D eigenvalue weighted by Gasteiger charge is 2.06. The lowest BCUT2D eigenvalue weighted by atomic mass is 10.1. The number of carbonyl (C=O) groups excluding carboxylic acids is 1. The fourth-order valence-corrected chi connectivity index (χ4v) is 2.54. The van der Waals surface area contributed by atoms with Crippen LogP contribution in [0, 0.1) is 0 Å². The molecule has 0 radical (unpaired) electrons. The van der Waals surface area contributed by atoms with Gasteiger partial charge in [-0.05, 0) is 66.6 Å². The van der Waals surface area contributed by atoms with Crippen LogP contribution in [0.4, 0.5) is 0 Å². The largest absolute Gasteiger partial charge is 0.497 e. The van der Waals surface area contributed by atoms with Crippen LogP contribution in [-0.4, -0.2) is 18.7 Å². The van der Waals surface area contributed by atoms with Gasteiger partial charge in [0.15, 0.2) is 0 Å². The third-order valence-corrected chi connectivity index (χ3v) is 4.20. The van der Waals surface area contributed by atoms with E-state index in [4.69, 9.17) is 9.47 Å². The molecule has 0 aliphatic rings. The Morgan fingerprint density at radius 3 is 2.11 bits per heavy atom. The zero-order chi connectivity index (χ0) is 19.8. The zero-order valence-corrected chi connectivity index (χ0v) is 15.9. The van der Waals surface area contributed by atoms with Crippen LogP contribution in [0.2, 0.25) is 0 Å². The van der Waals surface area contributed by atoms with E-state index in [9.17, 15) is 4.79 Å². The third kappa shape index (κ3) is 5.20. The molecule has 5 nitrogen and oxygen atoms in total. The van der Waals surface area contributed by atoms with Gasteiger partial charge < -0.3 is 9.47 Å². The predicted octanol–water partition coefficient (Wildman–Crippen LogP) is 4.43. The van der Waals surface area contributed by atoms with Crippen LogP contribution in [0.15, 0.2) is 84.0 Å². The summed E-state index contributed by atoms with van der Waals surface area (Å²) in [5.74, 6) is 1.20. The van der Waals surface area contributed by atoms with Gasteiger partial charge in [-0.1, -0.05) is 30.3 Å². The maximum absolute atomic E-state index is 12.3. The Bertz CT molecular complexity index is 934. The van der Waals surface area contributed by atoms with Crippen molar-refractivity contribution >= 4 is 11.6 Å². The molecule has 3 aromatic rings. The lowest BCUT2D eigenvalue weighted by molar-refractivity contribution is 0.0955. The van der Waals surface area contributed by atoms with E-state index < -0.39 is 0 Å². The van der Waals surface area contributed by atoms with E-state index in [0.29, 0.717) is 23.6 Å². The number of hydrazone groups is 1. The first-order valence-electron chi connectivity index (χ1n) is 8.91. The minimum atomic E-state index is -0.275. The average Bonchev–Trinajstić information content (AvgIpc) is 2.77. The van der Waals surface area contributed by atoms with Gasteiger partial charge in [0, 0.05) is 5.56 Å². The molecule has 3 rings (SSSR count). The van der Waals surface area contributed by atoms with Crippen LogP contribution in [0.25, 0.3) is 0 Å². The van der Waals surface area contributed by atoms with Crippen molar-refractivity contribution < 1.29 is 14.3 Å². The Hall–Kier alpha value is -3.60. The van der Waals surface area contributed by atoms with E-state index >= 15 is 0 Å². The van der Waals surface area contributed by atoms with Crippen LogP contribution in [0.1, 0.15) is 28.4 Å². The van der Waals surface area contributed by atoms with Gasteiger partial charge in [-0.15, -0.1) is 0 Å². The number of methoxy groups -OCH3 is 1. The minimum absolute atomic E-state index is 0.275. The van der Waals surface area contributed by atoms with Crippen LogP contribution in [0.5, 0.6) is 11.5 Å². The quantitative estimate of drug-likeness (QED) is 0.492. The summed E-state index contributed by atoms with van der Waals surface area (Å²) in [6.45, 7) is 2.32. The highest BCUT2D eigenvalue weighted by Crippen LogP contribution is 2.15. The van der Waals surface area contributed by atoms with Gasteiger partial charge in [0.1, 0.15) is 18.1 Å². The SMILES string of the molecule is COc1ccc(/C(C)=N/NC(=O)c2ccc(OCc3ccccc3)cc2)cc1. The number of hydrogen-bond acceptors (Lipinski definition) is 4. The second-order valence-electron chi connectivity index (χ2n) is 6.17. The monoisotopic (exact) mass is 374 g/mol. The van der Waals surface area contributed by atoms with E-state index in [2.05, 4.69) is 10.5 Å². The second-order valence-corrected chi connectivity index (χ2v) is 6.17. The topological polar surface area (TPSA) is 59.9 Å². The molecule has 0 bridgehead atoms. The molecule has 0 atom stereocenters. The van der Waals surface area contributed by atoms with E-state index in [0.717, 1.165) is 16.9 Å². The van der Waals surface area contributed by atoms with E-state index in [1.165, 1.54) is 0 Å². The van der Waals surface area contributed by atoms with Crippen molar-refractivity contribution in [2.24, 2.45) is 5.10 Å². The first kappa shape index (κ1) is 19.2. The molecule has 0 aliphatic heterocycles. The van der Waals surface area contributed by atoms with Crippen molar-refractivity contribution in [2.45, 2.75) is 13.5 Å². The van der Waals surface area contributed by atoms with Gasteiger partial charge in [0.25, 0.3) is 5.91 Å². The van der Waals surface area contributed by atoms with Crippen LogP contribution in [-0.2, 0) is 6.61 Å². The summed E-state index contributed by atoms with van der Waals surface area (Å²) in [6, 6.07) is 24.4. The number of nitrogens with zero attached hydrogens (tertiary/aromatic N) is 1. The molecule has 0 aromatic heterocycles. The number of benzene rings is 3. The molecule has 0 unspecified atom stereocenters. The van der Waals surface area contributed by atoms with Gasteiger partial charge in [-0.2, -0.15) is 5.10 Å². The van der Waals surface area contributed by atoms with Gasteiger partial charge in [0.05, 0.1) is 12.8 Å². The smallest absolute Gasteiger partial charge is 0.271 e. The molecule has 0 aliphatic carbocycles. The molecule has 0 saturated carbocycles. The third-order valence-electron chi connectivity index (χ3n) is 4.20. The maximum Gasteiger partial charge on any atom is 0.271 e. The first-order chi connectivity index (χ1) is 13.7. The first-order valence-corrected chi connectivity index (χ1v) is 8.91. The van der Waals surface area contributed by atoms with Gasteiger partial charge in [0.2, 0.25) is 0 Å². The zero-order valence-electron chi connectivity index (χ0n) is 15.9.